The summed E-state index contributed by atoms with van der Waals surface area (Å²) in [6, 6.07) is 11.1. The highest BCUT2D eigenvalue weighted by atomic mass is 35.5. The fraction of sp³-hybridized carbons (Fsp3) is 0.125. The van der Waals surface area contributed by atoms with E-state index in [-0.39, 0.29) is 5.95 Å². The first-order chi connectivity index (χ1) is 10.6. The number of ether oxygens (including phenoxy) is 2. The normalized spacial score (nSPS) is 10.7. The number of nitrogens with two attached hydrogens (primary N) is 1. The maximum atomic E-state index is 6.29. The lowest BCUT2D eigenvalue weighted by Gasteiger charge is -2.12. The van der Waals surface area contributed by atoms with Crippen LogP contribution in [0.3, 0.4) is 0 Å². The minimum absolute atomic E-state index is 0.176. The average molecular weight is 316 g/mol. The van der Waals surface area contributed by atoms with Gasteiger partial charge in [-0.2, -0.15) is 0 Å². The van der Waals surface area contributed by atoms with Crippen molar-refractivity contribution in [3.63, 3.8) is 0 Å². The van der Waals surface area contributed by atoms with Gasteiger partial charge in [0.25, 0.3) is 0 Å². The molecule has 1 aromatic heterocycles. The van der Waals surface area contributed by atoms with Crippen LogP contribution in [0.1, 0.15) is 0 Å². The minimum atomic E-state index is 0.176. The Hall–Kier alpha value is -2.53. The fourth-order valence-corrected chi connectivity index (χ4v) is 2.56. The summed E-state index contributed by atoms with van der Waals surface area (Å²) in [6.45, 7) is 0. The first-order valence-electron chi connectivity index (χ1n) is 6.58. The molecule has 3 rings (SSSR count). The van der Waals surface area contributed by atoms with Crippen LogP contribution in [0, 0.1) is 0 Å². The lowest BCUT2D eigenvalue weighted by atomic mass is 10.1. The van der Waals surface area contributed by atoms with Crippen LogP contribution in [0.5, 0.6) is 11.5 Å². The Morgan fingerprint density at radius 1 is 1.00 bits per heavy atom. The number of rotatable bonds is 3. The van der Waals surface area contributed by atoms with Gasteiger partial charge in [-0.1, -0.05) is 29.8 Å². The zero-order chi connectivity index (χ0) is 15.7. The molecule has 22 heavy (non-hydrogen) atoms. The molecule has 1 heterocycles. The molecule has 0 aliphatic rings. The molecule has 0 unspecified atom stereocenters. The molecule has 2 aromatic carbocycles. The number of halogens is 1. The second-order valence-electron chi connectivity index (χ2n) is 4.63. The van der Waals surface area contributed by atoms with Crippen LogP contribution in [0.25, 0.3) is 22.2 Å². The number of hydrogen-bond donors (Lipinski definition) is 1. The molecule has 6 heteroatoms. The summed E-state index contributed by atoms with van der Waals surface area (Å²) in [5, 5.41) is 1.39. The molecule has 5 nitrogen and oxygen atoms in total. The van der Waals surface area contributed by atoms with Crippen molar-refractivity contribution in [2.75, 3.05) is 20.0 Å². The molecule has 0 saturated carbocycles. The van der Waals surface area contributed by atoms with Crippen LogP contribution >= 0.6 is 11.6 Å². The number of methoxy groups -OCH3 is 2. The molecular formula is C16H14ClN3O2. The average Bonchev–Trinajstić information content (AvgIpc) is 2.53. The summed E-state index contributed by atoms with van der Waals surface area (Å²) < 4.78 is 10.7. The van der Waals surface area contributed by atoms with E-state index in [1.807, 2.05) is 30.3 Å². The molecule has 0 atom stereocenters. The van der Waals surface area contributed by atoms with Gasteiger partial charge in [0.05, 0.1) is 25.4 Å². The quantitative estimate of drug-likeness (QED) is 0.800. The smallest absolute Gasteiger partial charge is 0.221 e. The number of nitrogen functional groups attached to an aromatic ring is 1. The van der Waals surface area contributed by atoms with E-state index in [4.69, 9.17) is 26.8 Å². The van der Waals surface area contributed by atoms with E-state index in [1.54, 1.807) is 20.3 Å². The molecule has 0 amide bonds. The third kappa shape index (κ3) is 2.40. The standard InChI is InChI=1S/C16H14ClN3O2/c1-21-13-7-10-12(8-14(13)22-2)19-16(18)20-15(10)9-5-3-4-6-11(9)17/h3-8H,1-2H3,(H2,18,19,20). The summed E-state index contributed by atoms with van der Waals surface area (Å²) in [6.07, 6.45) is 0. The summed E-state index contributed by atoms with van der Waals surface area (Å²) in [5.41, 5.74) is 7.95. The molecule has 0 radical (unpaired) electrons. The van der Waals surface area contributed by atoms with Gasteiger partial charge in [-0.15, -0.1) is 0 Å². The lowest BCUT2D eigenvalue weighted by Crippen LogP contribution is -2.00. The molecule has 0 aliphatic heterocycles. The van der Waals surface area contributed by atoms with E-state index in [9.17, 15) is 0 Å². The minimum Gasteiger partial charge on any atom is -0.493 e. The number of nitrogens with zero attached hydrogens (tertiary/aromatic N) is 2. The van der Waals surface area contributed by atoms with E-state index in [0.717, 1.165) is 10.9 Å². The molecule has 3 aromatic rings. The van der Waals surface area contributed by atoms with Gasteiger partial charge < -0.3 is 15.2 Å². The van der Waals surface area contributed by atoms with Gasteiger partial charge in [0.2, 0.25) is 5.95 Å². The van der Waals surface area contributed by atoms with E-state index in [0.29, 0.717) is 27.7 Å². The number of hydrogen-bond acceptors (Lipinski definition) is 5. The van der Waals surface area contributed by atoms with Crippen LogP contribution in [-0.2, 0) is 0 Å². The zero-order valence-corrected chi connectivity index (χ0v) is 12.9. The van der Waals surface area contributed by atoms with Crippen molar-refractivity contribution in [1.82, 2.24) is 9.97 Å². The molecular weight excluding hydrogens is 302 g/mol. The van der Waals surface area contributed by atoms with Gasteiger partial charge in [0.1, 0.15) is 0 Å². The molecule has 0 bridgehead atoms. The largest absolute Gasteiger partial charge is 0.493 e. The highest BCUT2D eigenvalue weighted by Gasteiger charge is 2.15. The topological polar surface area (TPSA) is 70.3 Å². The van der Waals surface area contributed by atoms with Crippen LogP contribution in [-0.4, -0.2) is 24.2 Å². The second-order valence-corrected chi connectivity index (χ2v) is 5.04. The molecule has 2 N–H and O–H groups in total. The van der Waals surface area contributed by atoms with Crippen LogP contribution < -0.4 is 15.2 Å². The Labute approximate surface area is 132 Å². The number of benzene rings is 2. The van der Waals surface area contributed by atoms with Gasteiger partial charge in [0.15, 0.2) is 11.5 Å². The summed E-state index contributed by atoms with van der Waals surface area (Å²) >= 11 is 6.29. The van der Waals surface area contributed by atoms with Crippen molar-refractivity contribution in [2.24, 2.45) is 0 Å². The van der Waals surface area contributed by atoms with Crippen molar-refractivity contribution >= 4 is 28.5 Å². The van der Waals surface area contributed by atoms with Gasteiger partial charge in [-0.25, -0.2) is 9.97 Å². The Balaban J connectivity index is 2.37. The van der Waals surface area contributed by atoms with Crippen molar-refractivity contribution in [2.45, 2.75) is 0 Å². The summed E-state index contributed by atoms with van der Waals surface area (Å²) in [7, 11) is 3.15. The van der Waals surface area contributed by atoms with Gasteiger partial charge in [-0.05, 0) is 12.1 Å². The molecule has 0 aliphatic carbocycles. The van der Waals surface area contributed by atoms with Gasteiger partial charge in [0, 0.05) is 22.0 Å². The number of aromatic nitrogens is 2. The Morgan fingerprint density at radius 2 is 1.68 bits per heavy atom. The Morgan fingerprint density at radius 3 is 2.36 bits per heavy atom. The van der Waals surface area contributed by atoms with E-state index in [2.05, 4.69) is 9.97 Å². The Bertz CT molecular complexity index is 852. The molecule has 112 valence electrons. The van der Waals surface area contributed by atoms with E-state index >= 15 is 0 Å². The monoisotopic (exact) mass is 315 g/mol. The summed E-state index contributed by atoms with van der Waals surface area (Å²) in [4.78, 5) is 8.61. The Kier molecular flexibility index (Phi) is 3.73. The van der Waals surface area contributed by atoms with Crippen LogP contribution in [0.2, 0.25) is 5.02 Å². The van der Waals surface area contributed by atoms with Crippen molar-refractivity contribution in [3.8, 4) is 22.8 Å². The van der Waals surface area contributed by atoms with Crippen LogP contribution in [0.4, 0.5) is 5.95 Å². The first kappa shape index (κ1) is 14.4. The summed E-state index contributed by atoms with van der Waals surface area (Å²) in [5.74, 6) is 1.35. The van der Waals surface area contributed by atoms with Crippen molar-refractivity contribution < 1.29 is 9.47 Å². The predicted octanol–water partition coefficient (Wildman–Crippen LogP) is 3.55. The maximum Gasteiger partial charge on any atom is 0.221 e. The third-order valence-corrected chi connectivity index (χ3v) is 3.68. The number of fused-ring (bicyclic) bond motifs is 1. The molecule has 0 spiro atoms. The zero-order valence-electron chi connectivity index (χ0n) is 12.1. The molecule has 0 saturated heterocycles. The number of anilines is 1. The van der Waals surface area contributed by atoms with Crippen LogP contribution in [0.15, 0.2) is 36.4 Å². The van der Waals surface area contributed by atoms with E-state index < -0.39 is 0 Å². The van der Waals surface area contributed by atoms with Crippen molar-refractivity contribution in [3.05, 3.63) is 41.4 Å². The highest BCUT2D eigenvalue weighted by Crippen LogP contribution is 2.37. The van der Waals surface area contributed by atoms with Gasteiger partial charge >= 0.3 is 0 Å². The van der Waals surface area contributed by atoms with Crippen molar-refractivity contribution in [1.29, 1.82) is 0 Å². The second kappa shape index (κ2) is 5.69. The third-order valence-electron chi connectivity index (χ3n) is 3.35. The fourth-order valence-electron chi connectivity index (χ4n) is 2.33. The SMILES string of the molecule is COc1cc2nc(N)nc(-c3ccccc3Cl)c2cc1OC. The predicted molar refractivity (Wildman–Crippen MR) is 87.5 cm³/mol. The maximum absolute atomic E-state index is 6.29. The molecule has 0 fully saturated rings. The highest BCUT2D eigenvalue weighted by molar-refractivity contribution is 6.33. The first-order valence-corrected chi connectivity index (χ1v) is 6.96. The van der Waals surface area contributed by atoms with E-state index in [1.165, 1.54) is 0 Å². The lowest BCUT2D eigenvalue weighted by molar-refractivity contribution is 0.356. The van der Waals surface area contributed by atoms with Gasteiger partial charge in [-0.3, -0.25) is 0 Å².